The quantitative estimate of drug-likeness (QED) is 0.896. The predicted molar refractivity (Wildman–Crippen MR) is 87.0 cm³/mol. The van der Waals surface area contributed by atoms with Crippen molar-refractivity contribution in [2.45, 2.75) is 38.5 Å². The van der Waals surface area contributed by atoms with Crippen LogP contribution in [0, 0.1) is 29.6 Å². The first-order chi connectivity index (χ1) is 10.9. The highest BCUT2D eigenvalue weighted by atomic mass is 16.4. The van der Waals surface area contributed by atoms with E-state index in [1.165, 1.54) is 19.3 Å². The largest absolute Gasteiger partial charge is 0.481 e. The summed E-state index contributed by atoms with van der Waals surface area (Å²) in [5.74, 6) is 2.38. The van der Waals surface area contributed by atoms with Crippen LogP contribution in [0.2, 0.25) is 0 Å². The Hall–Kier alpha value is -1.84. The van der Waals surface area contributed by atoms with Gasteiger partial charge in [-0.05, 0) is 74.5 Å². The molecule has 23 heavy (non-hydrogen) atoms. The fourth-order valence-electron chi connectivity index (χ4n) is 4.99. The van der Waals surface area contributed by atoms with Gasteiger partial charge >= 0.3 is 5.97 Å². The molecule has 3 aliphatic carbocycles. The van der Waals surface area contributed by atoms with Crippen LogP contribution in [0.3, 0.4) is 0 Å². The molecule has 4 heteroatoms. The van der Waals surface area contributed by atoms with Gasteiger partial charge in [-0.3, -0.25) is 9.59 Å². The molecule has 3 aliphatic rings. The maximum Gasteiger partial charge on any atom is 0.313 e. The zero-order valence-corrected chi connectivity index (χ0v) is 13.6. The van der Waals surface area contributed by atoms with Gasteiger partial charge in [-0.15, -0.1) is 0 Å². The maximum absolute atomic E-state index is 12.5. The number of nitrogens with one attached hydrogen (secondary N) is 1. The van der Waals surface area contributed by atoms with E-state index in [2.05, 4.69) is 5.32 Å². The number of hydrogen-bond acceptors (Lipinski definition) is 2. The van der Waals surface area contributed by atoms with Crippen molar-refractivity contribution in [3.8, 4) is 0 Å². The number of carbonyl (C=O) groups is 2. The molecule has 0 radical (unpaired) electrons. The van der Waals surface area contributed by atoms with Crippen LogP contribution in [-0.4, -0.2) is 17.0 Å². The summed E-state index contributed by atoms with van der Waals surface area (Å²) in [7, 11) is 0. The number of carboxylic acid groups (broad SMARTS) is 1. The molecule has 0 saturated heterocycles. The van der Waals surface area contributed by atoms with E-state index in [1.807, 2.05) is 12.1 Å². The minimum absolute atomic E-state index is 0.154. The van der Waals surface area contributed by atoms with E-state index >= 15 is 0 Å². The van der Waals surface area contributed by atoms with E-state index in [4.69, 9.17) is 0 Å². The summed E-state index contributed by atoms with van der Waals surface area (Å²) in [4.78, 5) is 23.8. The molecular weight excluding hydrogens is 290 g/mol. The van der Waals surface area contributed by atoms with Crippen molar-refractivity contribution >= 4 is 17.6 Å². The first-order valence-corrected chi connectivity index (χ1v) is 8.54. The molecule has 1 aromatic rings. The first-order valence-electron chi connectivity index (χ1n) is 8.54. The van der Waals surface area contributed by atoms with Crippen molar-refractivity contribution in [1.29, 1.82) is 0 Å². The Morgan fingerprint density at radius 2 is 1.65 bits per heavy atom. The van der Waals surface area contributed by atoms with Crippen molar-refractivity contribution < 1.29 is 14.7 Å². The van der Waals surface area contributed by atoms with E-state index in [0.717, 1.165) is 23.1 Å². The van der Waals surface area contributed by atoms with Gasteiger partial charge in [-0.25, -0.2) is 0 Å². The molecule has 4 atom stereocenters. The highest BCUT2D eigenvalue weighted by Crippen LogP contribution is 2.69. The fourth-order valence-corrected chi connectivity index (χ4v) is 4.99. The Morgan fingerprint density at radius 1 is 1.09 bits per heavy atom. The summed E-state index contributed by atoms with van der Waals surface area (Å²) < 4.78 is 0. The van der Waals surface area contributed by atoms with Crippen molar-refractivity contribution in [2.75, 3.05) is 5.32 Å². The van der Waals surface area contributed by atoms with Crippen LogP contribution in [0.15, 0.2) is 24.3 Å². The molecule has 0 aliphatic heterocycles. The lowest BCUT2D eigenvalue weighted by molar-refractivity contribution is -0.142. The van der Waals surface area contributed by atoms with Crippen LogP contribution in [-0.2, 0) is 15.0 Å². The average molecular weight is 313 g/mol. The summed E-state index contributed by atoms with van der Waals surface area (Å²) in [6.07, 6.45) is 3.97. The van der Waals surface area contributed by atoms with Crippen LogP contribution in [0.25, 0.3) is 0 Å². The number of carbonyl (C=O) groups excluding carboxylic acids is 1. The Balaban J connectivity index is 1.42. The predicted octanol–water partition coefficient (Wildman–Crippen LogP) is 3.28. The van der Waals surface area contributed by atoms with Gasteiger partial charge in [0.15, 0.2) is 0 Å². The van der Waals surface area contributed by atoms with Gasteiger partial charge in [0, 0.05) is 11.6 Å². The second kappa shape index (κ2) is 4.83. The average Bonchev–Trinajstić information content (AvgIpc) is 2.96. The number of aliphatic carboxylic acids is 1. The second-order valence-corrected chi connectivity index (χ2v) is 8.01. The van der Waals surface area contributed by atoms with Crippen LogP contribution in [0.5, 0.6) is 0 Å². The summed E-state index contributed by atoms with van der Waals surface area (Å²) in [6, 6.07) is 7.21. The van der Waals surface area contributed by atoms with Crippen molar-refractivity contribution in [3.63, 3.8) is 0 Å². The molecule has 0 aromatic heterocycles. The molecule has 3 saturated carbocycles. The van der Waals surface area contributed by atoms with Crippen molar-refractivity contribution in [2.24, 2.45) is 29.6 Å². The fraction of sp³-hybridized carbons (Fsp3) is 0.579. The van der Waals surface area contributed by atoms with Crippen LogP contribution in [0.4, 0.5) is 5.69 Å². The third-order valence-electron chi connectivity index (χ3n) is 6.45. The van der Waals surface area contributed by atoms with E-state index < -0.39 is 11.4 Å². The summed E-state index contributed by atoms with van der Waals surface area (Å²) >= 11 is 0. The normalized spacial score (nSPS) is 34.1. The molecular formula is C19H23NO3. The highest BCUT2D eigenvalue weighted by molar-refractivity contribution is 5.95. The lowest BCUT2D eigenvalue weighted by atomic mass is 9.85. The van der Waals surface area contributed by atoms with E-state index in [1.54, 1.807) is 26.0 Å². The number of fused-ring (bicyclic) bond motifs is 5. The monoisotopic (exact) mass is 313 g/mol. The van der Waals surface area contributed by atoms with Crippen LogP contribution in [0.1, 0.15) is 38.7 Å². The molecule has 1 aromatic carbocycles. The first kappa shape index (κ1) is 14.7. The van der Waals surface area contributed by atoms with Gasteiger partial charge in [-0.2, -0.15) is 0 Å². The van der Waals surface area contributed by atoms with Gasteiger partial charge in [0.05, 0.1) is 5.41 Å². The third kappa shape index (κ3) is 2.19. The minimum Gasteiger partial charge on any atom is -0.481 e. The third-order valence-corrected chi connectivity index (χ3v) is 6.45. The molecule has 4 nitrogen and oxygen atoms in total. The Bertz CT molecular complexity index is 648. The summed E-state index contributed by atoms with van der Waals surface area (Å²) in [5, 5.41) is 12.3. The van der Waals surface area contributed by atoms with Crippen molar-refractivity contribution in [3.05, 3.63) is 29.8 Å². The van der Waals surface area contributed by atoms with Gasteiger partial charge in [0.25, 0.3) is 0 Å². The zero-order chi connectivity index (χ0) is 16.4. The molecule has 1 amide bonds. The standard InChI is InChI=1S/C19H23NO3/c1-19(2,18(22)23)12-5-7-13(8-6-12)20-17(21)16-14-10-3-4-11(9-10)15(14)16/h5-8,10-11,14-16H,3-4,9H2,1-2H3,(H,20,21)(H,22,23). The van der Waals surface area contributed by atoms with E-state index in [0.29, 0.717) is 11.8 Å². The number of amides is 1. The number of carboxylic acids is 1. The minimum atomic E-state index is -0.921. The lowest BCUT2D eigenvalue weighted by Gasteiger charge is -2.20. The maximum atomic E-state index is 12.5. The topological polar surface area (TPSA) is 66.4 Å². The van der Waals surface area contributed by atoms with Gasteiger partial charge < -0.3 is 10.4 Å². The van der Waals surface area contributed by atoms with Crippen LogP contribution < -0.4 is 5.32 Å². The van der Waals surface area contributed by atoms with E-state index in [-0.39, 0.29) is 11.8 Å². The number of rotatable bonds is 4. The molecule has 4 unspecified atom stereocenters. The molecule has 0 heterocycles. The smallest absolute Gasteiger partial charge is 0.313 e. The van der Waals surface area contributed by atoms with Crippen LogP contribution >= 0.6 is 0 Å². The second-order valence-electron chi connectivity index (χ2n) is 8.01. The number of hydrogen-bond donors (Lipinski definition) is 2. The molecule has 2 N–H and O–H groups in total. The SMILES string of the molecule is CC(C)(C(=O)O)c1ccc(NC(=O)C2C3C4CCC(C4)C23)cc1. The molecule has 4 rings (SSSR count). The van der Waals surface area contributed by atoms with E-state index in [9.17, 15) is 14.7 Å². The number of benzene rings is 1. The summed E-state index contributed by atoms with van der Waals surface area (Å²) in [5.41, 5.74) is 0.580. The zero-order valence-electron chi connectivity index (χ0n) is 13.6. The highest BCUT2D eigenvalue weighted by Gasteiger charge is 2.67. The van der Waals surface area contributed by atoms with Gasteiger partial charge in [-0.1, -0.05) is 12.1 Å². The molecule has 3 fully saturated rings. The Kier molecular flexibility index (Phi) is 3.09. The van der Waals surface area contributed by atoms with Gasteiger partial charge in [0.1, 0.15) is 0 Å². The Morgan fingerprint density at radius 3 is 2.17 bits per heavy atom. The molecule has 122 valence electrons. The molecule has 0 spiro atoms. The lowest BCUT2D eigenvalue weighted by Crippen LogP contribution is -2.28. The number of anilines is 1. The molecule has 2 bridgehead atoms. The summed E-state index contributed by atoms with van der Waals surface area (Å²) in [6.45, 7) is 3.37. The van der Waals surface area contributed by atoms with Crippen molar-refractivity contribution in [1.82, 2.24) is 0 Å². The Labute approximate surface area is 136 Å². The van der Waals surface area contributed by atoms with Gasteiger partial charge in [0.2, 0.25) is 5.91 Å².